The average molecular weight is 255 g/mol. The fourth-order valence-electron chi connectivity index (χ4n) is 1.09. The van der Waals surface area contributed by atoms with Gasteiger partial charge in [0.2, 0.25) is 10.0 Å². The Labute approximate surface area is 100.0 Å². The molecule has 1 aromatic heterocycles. The minimum absolute atomic E-state index is 0.110. The summed E-state index contributed by atoms with van der Waals surface area (Å²) in [5.41, 5.74) is -0.142. The van der Waals surface area contributed by atoms with Crippen molar-refractivity contribution in [1.29, 1.82) is 5.26 Å². The number of hydrogen-bond acceptors (Lipinski definition) is 5. The third-order valence-electron chi connectivity index (χ3n) is 2.10. The first-order valence-corrected chi connectivity index (χ1v) is 6.45. The second kappa shape index (κ2) is 5.72. The lowest BCUT2D eigenvalue weighted by atomic mass is 10.2. The van der Waals surface area contributed by atoms with Crippen LogP contribution in [0.1, 0.15) is 12.6 Å². The van der Waals surface area contributed by atoms with E-state index < -0.39 is 10.0 Å². The van der Waals surface area contributed by atoms with E-state index in [4.69, 9.17) is 10.4 Å². The Bertz CT molecular complexity index is 522. The van der Waals surface area contributed by atoms with Crippen molar-refractivity contribution in [3.8, 4) is 6.07 Å². The molecule has 1 unspecified atom stereocenters. The van der Waals surface area contributed by atoms with Gasteiger partial charge >= 0.3 is 0 Å². The molecule has 6 nitrogen and oxygen atoms in total. The van der Waals surface area contributed by atoms with Crippen LogP contribution in [0.5, 0.6) is 0 Å². The molecule has 0 fully saturated rings. The van der Waals surface area contributed by atoms with E-state index in [1.165, 1.54) is 18.3 Å². The van der Waals surface area contributed by atoms with Gasteiger partial charge in [-0.15, -0.1) is 0 Å². The summed E-state index contributed by atoms with van der Waals surface area (Å²) < 4.78 is 26.0. The van der Waals surface area contributed by atoms with Crippen molar-refractivity contribution in [2.75, 3.05) is 13.2 Å². The Kier molecular flexibility index (Phi) is 4.57. The maximum atomic E-state index is 11.8. The van der Waals surface area contributed by atoms with Crippen LogP contribution in [0.15, 0.2) is 23.2 Å². The molecule has 0 aromatic carbocycles. The number of sulfonamides is 1. The van der Waals surface area contributed by atoms with Gasteiger partial charge in [0.15, 0.2) is 5.69 Å². The maximum absolute atomic E-state index is 11.8. The molecular formula is C10H13N3O3S. The van der Waals surface area contributed by atoms with Gasteiger partial charge in [-0.1, -0.05) is 6.92 Å². The van der Waals surface area contributed by atoms with Crippen molar-refractivity contribution in [3.63, 3.8) is 0 Å². The molecule has 0 radical (unpaired) electrons. The third kappa shape index (κ3) is 3.49. The Balaban J connectivity index is 2.95. The van der Waals surface area contributed by atoms with Crippen LogP contribution in [0.25, 0.3) is 0 Å². The molecule has 0 aliphatic heterocycles. The number of aliphatic hydroxyl groups is 1. The van der Waals surface area contributed by atoms with Crippen molar-refractivity contribution in [1.82, 2.24) is 9.71 Å². The lowest BCUT2D eigenvalue weighted by molar-refractivity contribution is 0.238. The summed E-state index contributed by atoms with van der Waals surface area (Å²) in [5.74, 6) is -0.188. The third-order valence-corrected chi connectivity index (χ3v) is 3.55. The molecule has 1 atom stereocenters. The number of aliphatic hydroxyl groups excluding tert-OH is 1. The zero-order chi connectivity index (χ0) is 12.9. The second-order valence-corrected chi connectivity index (χ2v) is 5.34. The lowest BCUT2D eigenvalue weighted by Gasteiger charge is -2.10. The summed E-state index contributed by atoms with van der Waals surface area (Å²) in [5, 5.41) is 17.6. The monoisotopic (exact) mass is 255 g/mol. The fourth-order valence-corrected chi connectivity index (χ4v) is 2.36. The van der Waals surface area contributed by atoms with Crippen LogP contribution >= 0.6 is 0 Å². The highest BCUT2D eigenvalue weighted by Gasteiger charge is 2.19. The number of rotatable bonds is 5. The number of nitriles is 1. The smallest absolute Gasteiger partial charge is 0.243 e. The molecule has 0 saturated carbocycles. The number of nitrogens with one attached hydrogen (secondary N) is 1. The van der Waals surface area contributed by atoms with Crippen LogP contribution < -0.4 is 4.72 Å². The lowest BCUT2D eigenvalue weighted by Crippen LogP contribution is -2.30. The van der Waals surface area contributed by atoms with Gasteiger partial charge in [0.1, 0.15) is 11.0 Å². The highest BCUT2D eigenvalue weighted by Crippen LogP contribution is 2.11. The molecule has 0 bridgehead atoms. The van der Waals surface area contributed by atoms with Crippen LogP contribution in [0.4, 0.5) is 0 Å². The van der Waals surface area contributed by atoms with Gasteiger partial charge in [-0.25, -0.2) is 18.1 Å². The summed E-state index contributed by atoms with van der Waals surface area (Å²) in [7, 11) is -3.75. The van der Waals surface area contributed by atoms with E-state index in [1.54, 1.807) is 13.0 Å². The highest BCUT2D eigenvalue weighted by atomic mass is 32.2. The highest BCUT2D eigenvalue weighted by molar-refractivity contribution is 7.89. The Morgan fingerprint density at radius 1 is 1.65 bits per heavy atom. The predicted molar refractivity (Wildman–Crippen MR) is 60.4 cm³/mol. The summed E-state index contributed by atoms with van der Waals surface area (Å²) in [6, 6.07) is 4.49. The Morgan fingerprint density at radius 2 is 2.35 bits per heavy atom. The molecular weight excluding hydrogens is 242 g/mol. The molecule has 0 amide bonds. The van der Waals surface area contributed by atoms with Crippen LogP contribution in [0.2, 0.25) is 0 Å². The molecule has 1 heterocycles. The number of pyridine rings is 1. The topological polar surface area (TPSA) is 103 Å². The minimum Gasteiger partial charge on any atom is -0.396 e. The quantitative estimate of drug-likeness (QED) is 0.762. The number of nitrogens with zero attached hydrogens (tertiary/aromatic N) is 2. The van der Waals surface area contributed by atoms with E-state index in [9.17, 15) is 8.42 Å². The number of aromatic nitrogens is 1. The minimum atomic E-state index is -3.75. The predicted octanol–water partition coefficient (Wildman–Crippen LogP) is -0.140. The molecule has 92 valence electrons. The number of hydrogen-bond donors (Lipinski definition) is 2. The molecule has 0 spiro atoms. The van der Waals surface area contributed by atoms with E-state index in [2.05, 4.69) is 9.71 Å². The van der Waals surface area contributed by atoms with Crippen LogP contribution in [0.3, 0.4) is 0 Å². The molecule has 7 heteroatoms. The second-order valence-electron chi connectivity index (χ2n) is 3.60. The zero-order valence-electron chi connectivity index (χ0n) is 9.29. The molecule has 0 aliphatic carbocycles. The van der Waals surface area contributed by atoms with E-state index in [0.29, 0.717) is 0 Å². The summed E-state index contributed by atoms with van der Waals surface area (Å²) in [6.45, 7) is 1.70. The fraction of sp³-hybridized carbons (Fsp3) is 0.400. The normalized spacial score (nSPS) is 13.0. The van der Waals surface area contributed by atoms with Crippen LogP contribution in [-0.4, -0.2) is 31.7 Å². The van der Waals surface area contributed by atoms with Crippen molar-refractivity contribution in [2.24, 2.45) is 5.92 Å². The van der Waals surface area contributed by atoms with Gasteiger partial charge in [-0.05, 0) is 18.1 Å². The largest absolute Gasteiger partial charge is 0.396 e. The molecule has 2 N–H and O–H groups in total. The average Bonchev–Trinajstić information content (AvgIpc) is 2.35. The van der Waals surface area contributed by atoms with Gasteiger partial charge in [0.05, 0.1) is 0 Å². The van der Waals surface area contributed by atoms with Crippen molar-refractivity contribution < 1.29 is 13.5 Å². The van der Waals surface area contributed by atoms with E-state index in [0.717, 1.165) is 0 Å². The van der Waals surface area contributed by atoms with Gasteiger partial charge in [0.25, 0.3) is 0 Å². The van der Waals surface area contributed by atoms with Crippen LogP contribution in [0, 0.1) is 17.2 Å². The first-order valence-electron chi connectivity index (χ1n) is 4.97. The summed E-state index contributed by atoms with van der Waals surface area (Å²) >= 11 is 0. The van der Waals surface area contributed by atoms with Crippen molar-refractivity contribution >= 4 is 10.0 Å². The molecule has 17 heavy (non-hydrogen) atoms. The Morgan fingerprint density at radius 3 is 2.94 bits per heavy atom. The molecule has 1 aromatic rings. The van der Waals surface area contributed by atoms with Crippen LogP contribution in [-0.2, 0) is 10.0 Å². The first kappa shape index (κ1) is 13.6. The summed E-state index contributed by atoms with van der Waals surface area (Å²) in [4.78, 5) is 3.54. The molecule has 0 saturated heterocycles. The van der Waals surface area contributed by atoms with Gasteiger partial charge in [-0.3, -0.25) is 0 Å². The summed E-state index contributed by atoms with van der Waals surface area (Å²) in [6.07, 6.45) is 1.36. The van der Waals surface area contributed by atoms with E-state index in [-0.39, 0.29) is 29.7 Å². The van der Waals surface area contributed by atoms with Gasteiger partial charge in [0, 0.05) is 19.3 Å². The zero-order valence-corrected chi connectivity index (χ0v) is 10.1. The van der Waals surface area contributed by atoms with Crippen molar-refractivity contribution in [2.45, 2.75) is 11.8 Å². The van der Waals surface area contributed by atoms with E-state index >= 15 is 0 Å². The van der Waals surface area contributed by atoms with Gasteiger partial charge < -0.3 is 5.11 Å². The molecule has 0 aliphatic rings. The SMILES string of the molecule is CC(CO)CNS(=O)(=O)c1cccnc1C#N. The Hall–Kier alpha value is -1.49. The van der Waals surface area contributed by atoms with Gasteiger partial charge in [-0.2, -0.15) is 5.26 Å². The molecule has 1 rings (SSSR count). The standard InChI is InChI=1S/C10H13N3O3S/c1-8(7-14)6-13-17(15,16)10-3-2-4-12-9(10)5-11/h2-4,8,13-14H,6-7H2,1H3. The maximum Gasteiger partial charge on any atom is 0.243 e. The van der Waals surface area contributed by atoms with E-state index in [1.807, 2.05) is 0 Å². The first-order chi connectivity index (χ1) is 8.01. The van der Waals surface area contributed by atoms with Crippen molar-refractivity contribution in [3.05, 3.63) is 24.0 Å².